The lowest BCUT2D eigenvalue weighted by atomic mass is 9.84. The van der Waals surface area contributed by atoms with Crippen molar-refractivity contribution in [2.24, 2.45) is 5.92 Å². The molecule has 2 amide bonds. The second-order valence-corrected chi connectivity index (χ2v) is 7.95. The van der Waals surface area contributed by atoms with E-state index in [2.05, 4.69) is 39.8 Å². The lowest BCUT2D eigenvalue weighted by Gasteiger charge is -2.34. The molecule has 1 aliphatic carbocycles. The molecule has 0 aromatic carbocycles. The van der Waals surface area contributed by atoms with Gasteiger partial charge in [0.15, 0.2) is 0 Å². The fourth-order valence-corrected chi connectivity index (χ4v) is 3.92. The fraction of sp³-hybridized carbons (Fsp3) is 0.765. The number of hydrogen-bond acceptors (Lipinski definition) is 6. The van der Waals surface area contributed by atoms with Gasteiger partial charge in [0.05, 0.1) is 0 Å². The van der Waals surface area contributed by atoms with Gasteiger partial charge in [-0.1, -0.05) is 31.1 Å². The van der Waals surface area contributed by atoms with E-state index in [9.17, 15) is 9.59 Å². The molecule has 140 valence electrons. The number of carbonyl (C=O) groups is 2. The highest BCUT2D eigenvalue weighted by molar-refractivity contribution is 7.15. The van der Waals surface area contributed by atoms with Gasteiger partial charge in [-0.3, -0.25) is 9.59 Å². The molecule has 0 aliphatic heterocycles. The Bertz CT molecular complexity index is 575. The minimum absolute atomic E-state index is 0.0442. The van der Waals surface area contributed by atoms with Gasteiger partial charge in [-0.2, -0.15) is 0 Å². The predicted octanol–water partition coefficient (Wildman–Crippen LogP) is 2.06. The Balaban J connectivity index is 1.74. The zero-order valence-corrected chi connectivity index (χ0v) is 16.2. The van der Waals surface area contributed by atoms with E-state index in [4.69, 9.17) is 0 Å². The average molecular weight is 368 g/mol. The minimum Gasteiger partial charge on any atom is -0.353 e. The number of amides is 2. The second-order valence-electron chi connectivity index (χ2n) is 6.88. The van der Waals surface area contributed by atoms with E-state index < -0.39 is 0 Å². The zero-order chi connectivity index (χ0) is 18.2. The molecule has 2 atom stereocenters. The largest absolute Gasteiger partial charge is 0.353 e. The maximum Gasteiger partial charge on any atom is 0.226 e. The SMILES string of the molecule is CCc1nnc(NC(=O)CCC(=O)NC2CCCCC2CN(C)C)s1. The maximum atomic E-state index is 12.2. The van der Waals surface area contributed by atoms with Crippen LogP contribution in [0.3, 0.4) is 0 Å². The monoisotopic (exact) mass is 367 g/mol. The Labute approximate surface area is 153 Å². The van der Waals surface area contributed by atoms with Gasteiger partial charge in [0.2, 0.25) is 16.9 Å². The normalized spacial score (nSPS) is 20.5. The van der Waals surface area contributed by atoms with E-state index in [1.165, 1.54) is 17.8 Å². The molecule has 0 bridgehead atoms. The van der Waals surface area contributed by atoms with E-state index in [1.807, 2.05) is 6.92 Å². The molecule has 8 heteroatoms. The first-order valence-corrected chi connectivity index (χ1v) is 9.86. The molecule has 1 aliphatic rings. The highest BCUT2D eigenvalue weighted by Crippen LogP contribution is 2.25. The van der Waals surface area contributed by atoms with Crippen molar-refractivity contribution in [1.29, 1.82) is 0 Å². The van der Waals surface area contributed by atoms with Gasteiger partial charge in [-0.15, -0.1) is 10.2 Å². The third-order valence-electron chi connectivity index (χ3n) is 4.45. The van der Waals surface area contributed by atoms with Gasteiger partial charge in [-0.05, 0) is 39.3 Å². The number of nitrogens with zero attached hydrogens (tertiary/aromatic N) is 3. The first-order valence-electron chi connectivity index (χ1n) is 9.04. The summed E-state index contributed by atoms with van der Waals surface area (Å²) in [6.45, 7) is 2.98. The van der Waals surface area contributed by atoms with Gasteiger partial charge in [-0.25, -0.2) is 0 Å². The van der Waals surface area contributed by atoms with Crippen LogP contribution >= 0.6 is 11.3 Å². The molecule has 2 unspecified atom stereocenters. The van der Waals surface area contributed by atoms with Crippen LogP contribution in [0.25, 0.3) is 0 Å². The molecule has 7 nitrogen and oxygen atoms in total. The molecular weight excluding hydrogens is 338 g/mol. The van der Waals surface area contributed by atoms with Gasteiger partial charge >= 0.3 is 0 Å². The van der Waals surface area contributed by atoms with Crippen LogP contribution in [0, 0.1) is 5.92 Å². The van der Waals surface area contributed by atoms with Gasteiger partial charge < -0.3 is 15.5 Å². The molecule has 0 radical (unpaired) electrons. The van der Waals surface area contributed by atoms with Crippen molar-refractivity contribution in [2.75, 3.05) is 26.0 Å². The summed E-state index contributed by atoms with van der Waals surface area (Å²) in [5, 5.41) is 15.1. The summed E-state index contributed by atoms with van der Waals surface area (Å²) in [4.78, 5) is 26.4. The van der Waals surface area contributed by atoms with E-state index in [1.54, 1.807) is 0 Å². The third-order valence-corrected chi connectivity index (χ3v) is 5.43. The summed E-state index contributed by atoms with van der Waals surface area (Å²) in [5.74, 6) is 0.259. The molecule has 1 heterocycles. The number of carbonyl (C=O) groups excluding carboxylic acids is 2. The first kappa shape index (κ1) is 19.8. The Morgan fingerprint density at radius 2 is 1.88 bits per heavy atom. The standard InChI is InChI=1S/C17H29N5O2S/c1-4-16-20-21-17(25-16)19-15(24)10-9-14(23)18-13-8-6-5-7-12(13)11-22(2)3/h12-13H,4-11H2,1-3H3,(H,18,23)(H,19,21,24). The fourth-order valence-electron chi connectivity index (χ4n) is 3.22. The molecule has 2 rings (SSSR count). The summed E-state index contributed by atoms with van der Waals surface area (Å²) in [6, 6.07) is 0.224. The van der Waals surface area contributed by atoms with Crippen molar-refractivity contribution >= 4 is 28.3 Å². The Morgan fingerprint density at radius 3 is 2.56 bits per heavy atom. The third kappa shape index (κ3) is 6.70. The molecule has 1 aromatic heterocycles. The van der Waals surface area contributed by atoms with Crippen LogP contribution in [0.5, 0.6) is 0 Å². The van der Waals surface area contributed by atoms with Crippen molar-refractivity contribution in [2.45, 2.75) is 57.9 Å². The van der Waals surface area contributed by atoms with Gasteiger partial charge in [0.25, 0.3) is 0 Å². The lowest BCUT2D eigenvalue weighted by molar-refractivity contribution is -0.125. The van der Waals surface area contributed by atoms with Crippen molar-refractivity contribution in [3.05, 3.63) is 5.01 Å². The van der Waals surface area contributed by atoms with Crippen molar-refractivity contribution in [3.63, 3.8) is 0 Å². The van der Waals surface area contributed by atoms with Crippen molar-refractivity contribution in [1.82, 2.24) is 20.4 Å². The maximum absolute atomic E-state index is 12.2. The Kier molecular flexibility index (Phi) is 7.77. The zero-order valence-electron chi connectivity index (χ0n) is 15.4. The smallest absolute Gasteiger partial charge is 0.226 e. The number of nitrogens with one attached hydrogen (secondary N) is 2. The molecule has 1 saturated carbocycles. The minimum atomic E-state index is -0.192. The molecule has 25 heavy (non-hydrogen) atoms. The molecule has 0 saturated heterocycles. The summed E-state index contributed by atoms with van der Waals surface area (Å²) < 4.78 is 0. The quantitative estimate of drug-likeness (QED) is 0.734. The molecule has 0 spiro atoms. The number of rotatable bonds is 8. The number of anilines is 1. The highest BCUT2D eigenvalue weighted by atomic mass is 32.1. The Morgan fingerprint density at radius 1 is 1.16 bits per heavy atom. The first-order chi connectivity index (χ1) is 12.0. The predicted molar refractivity (Wildman–Crippen MR) is 99.6 cm³/mol. The summed E-state index contributed by atoms with van der Waals surface area (Å²) in [6.07, 6.45) is 5.74. The van der Waals surface area contributed by atoms with Crippen LogP contribution < -0.4 is 10.6 Å². The second kappa shape index (κ2) is 9.82. The molecule has 1 aromatic rings. The van der Waals surface area contributed by atoms with Crippen molar-refractivity contribution < 1.29 is 9.59 Å². The van der Waals surface area contributed by atoms with E-state index in [0.717, 1.165) is 37.2 Å². The number of aryl methyl sites for hydroxylation is 1. The highest BCUT2D eigenvalue weighted by Gasteiger charge is 2.26. The van der Waals surface area contributed by atoms with Crippen LogP contribution in [0.2, 0.25) is 0 Å². The Hall–Kier alpha value is -1.54. The van der Waals surface area contributed by atoms with Crippen LogP contribution in [-0.4, -0.2) is 53.6 Å². The number of aromatic nitrogens is 2. The van der Waals surface area contributed by atoms with Crippen LogP contribution in [-0.2, 0) is 16.0 Å². The van der Waals surface area contributed by atoms with Gasteiger partial charge in [0.1, 0.15) is 5.01 Å². The topological polar surface area (TPSA) is 87.2 Å². The number of hydrogen-bond donors (Lipinski definition) is 2. The molecule has 2 N–H and O–H groups in total. The van der Waals surface area contributed by atoms with Crippen LogP contribution in [0.4, 0.5) is 5.13 Å². The van der Waals surface area contributed by atoms with Crippen LogP contribution in [0.15, 0.2) is 0 Å². The average Bonchev–Trinajstić information content (AvgIpc) is 3.02. The van der Waals surface area contributed by atoms with Crippen LogP contribution in [0.1, 0.15) is 50.5 Å². The summed E-state index contributed by atoms with van der Waals surface area (Å²) >= 11 is 1.37. The van der Waals surface area contributed by atoms with E-state index >= 15 is 0 Å². The summed E-state index contributed by atoms with van der Waals surface area (Å²) in [5.41, 5.74) is 0. The van der Waals surface area contributed by atoms with Crippen molar-refractivity contribution in [3.8, 4) is 0 Å². The van der Waals surface area contributed by atoms with Gasteiger partial charge in [0, 0.05) is 25.4 Å². The molecular formula is C17H29N5O2S. The van der Waals surface area contributed by atoms with E-state index in [0.29, 0.717) is 11.0 Å². The summed E-state index contributed by atoms with van der Waals surface area (Å²) in [7, 11) is 4.13. The van der Waals surface area contributed by atoms with E-state index in [-0.39, 0.29) is 30.7 Å². The lowest BCUT2D eigenvalue weighted by Crippen LogP contribution is -2.45. The molecule has 1 fully saturated rings.